The maximum Gasteiger partial charge on any atom is 0.416 e. The summed E-state index contributed by atoms with van der Waals surface area (Å²) in [6.45, 7) is -0.173. The van der Waals surface area contributed by atoms with E-state index in [1.165, 1.54) is 23.9 Å². The maximum absolute atomic E-state index is 12.6. The van der Waals surface area contributed by atoms with Gasteiger partial charge in [0.25, 0.3) is 5.91 Å². The lowest BCUT2D eigenvalue weighted by Gasteiger charge is -2.17. The molecule has 1 amide bonds. The Morgan fingerprint density at radius 2 is 1.71 bits per heavy atom. The van der Waals surface area contributed by atoms with Gasteiger partial charge in [0.05, 0.1) is 5.56 Å². The molecule has 0 saturated heterocycles. The first-order valence-electron chi connectivity index (χ1n) is 8.49. The number of amides is 1. The second-order valence-electron chi connectivity index (χ2n) is 5.98. The van der Waals surface area contributed by atoms with E-state index in [-0.39, 0.29) is 6.61 Å². The number of hydrogen-bond donors (Lipinski definition) is 1. The summed E-state index contributed by atoms with van der Waals surface area (Å²) in [5, 5.41) is 2.66. The van der Waals surface area contributed by atoms with Crippen molar-refractivity contribution in [2.75, 3.05) is 12.0 Å². The smallest absolute Gasteiger partial charge is 0.416 e. The minimum Gasteiger partial charge on any atom is -0.459 e. The number of nitrogens with one attached hydrogen (secondary N) is 1. The van der Waals surface area contributed by atoms with Crippen LogP contribution in [0.2, 0.25) is 0 Å². The van der Waals surface area contributed by atoms with E-state index in [2.05, 4.69) is 5.32 Å². The van der Waals surface area contributed by atoms with Crippen LogP contribution in [0, 0.1) is 0 Å². The van der Waals surface area contributed by atoms with Crippen molar-refractivity contribution < 1.29 is 27.5 Å². The van der Waals surface area contributed by atoms with Gasteiger partial charge in [0.15, 0.2) is 0 Å². The molecule has 0 fully saturated rings. The number of rotatable bonds is 8. The molecule has 0 unspecified atom stereocenters. The summed E-state index contributed by atoms with van der Waals surface area (Å²) in [6.07, 6.45) is -2.16. The van der Waals surface area contributed by atoms with Crippen molar-refractivity contribution in [1.29, 1.82) is 0 Å². The van der Waals surface area contributed by atoms with Crippen LogP contribution in [0.15, 0.2) is 54.6 Å². The SMILES string of the molecule is CSCC[C@@H](NC(=O)c1ccccc1)C(=O)OCc1ccc(C(F)(F)F)cc1. The molecule has 4 nitrogen and oxygen atoms in total. The quantitative estimate of drug-likeness (QED) is 0.658. The van der Waals surface area contributed by atoms with Crippen LogP contribution in [-0.2, 0) is 22.3 Å². The molecule has 0 saturated carbocycles. The zero-order chi connectivity index (χ0) is 20.6. The van der Waals surface area contributed by atoms with Crippen LogP contribution in [0.3, 0.4) is 0 Å². The lowest BCUT2D eigenvalue weighted by Crippen LogP contribution is -2.42. The van der Waals surface area contributed by atoms with Crippen LogP contribution >= 0.6 is 11.8 Å². The summed E-state index contributed by atoms with van der Waals surface area (Å²) in [5.74, 6) is -0.383. The fourth-order valence-corrected chi connectivity index (χ4v) is 2.83. The number of alkyl halides is 3. The average Bonchev–Trinajstić information content (AvgIpc) is 2.69. The highest BCUT2D eigenvalue weighted by atomic mass is 32.2. The Bertz CT molecular complexity index is 780. The summed E-state index contributed by atoms with van der Waals surface area (Å²) in [6, 6.07) is 12.0. The monoisotopic (exact) mass is 411 g/mol. The third kappa shape index (κ3) is 6.60. The second kappa shape index (κ2) is 10.2. The molecule has 2 rings (SSSR count). The van der Waals surface area contributed by atoms with Gasteiger partial charge < -0.3 is 10.1 Å². The molecule has 0 spiro atoms. The van der Waals surface area contributed by atoms with E-state index >= 15 is 0 Å². The molecule has 1 N–H and O–H groups in total. The van der Waals surface area contributed by atoms with Crippen molar-refractivity contribution in [1.82, 2.24) is 5.32 Å². The molecule has 8 heteroatoms. The number of carbonyl (C=O) groups excluding carboxylic acids is 2. The highest BCUT2D eigenvalue weighted by Gasteiger charge is 2.30. The molecule has 0 aliphatic rings. The first kappa shape index (κ1) is 21.8. The van der Waals surface area contributed by atoms with Crippen molar-refractivity contribution >= 4 is 23.6 Å². The van der Waals surface area contributed by atoms with Gasteiger partial charge in [-0.05, 0) is 48.3 Å². The highest BCUT2D eigenvalue weighted by molar-refractivity contribution is 7.98. The number of benzene rings is 2. The van der Waals surface area contributed by atoms with Crippen LogP contribution in [0.5, 0.6) is 0 Å². The number of halogens is 3. The molecule has 2 aromatic carbocycles. The summed E-state index contributed by atoms with van der Waals surface area (Å²) < 4.78 is 43.0. The van der Waals surface area contributed by atoms with E-state index in [1.54, 1.807) is 30.3 Å². The third-order valence-corrected chi connectivity index (χ3v) is 4.54. The van der Waals surface area contributed by atoms with Gasteiger partial charge in [-0.15, -0.1) is 0 Å². The topological polar surface area (TPSA) is 55.4 Å². The highest BCUT2D eigenvalue weighted by Crippen LogP contribution is 2.29. The fraction of sp³-hybridized carbons (Fsp3) is 0.300. The van der Waals surface area contributed by atoms with Gasteiger partial charge >= 0.3 is 12.1 Å². The van der Waals surface area contributed by atoms with Gasteiger partial charge in [-0.2, -0.15) is 24.9 Å². The molecule has 0 aliphatic heterocycles. The Morgan fingerprint density at radius 1 is 1.07 bits per heavy atom. The minimum absolute atomic E-state index is 0.173. The van der Waals surface area contributed by atoms with E-state index in [9.17, 15) is 22.8 Å². The number of ether oxygens (including phenoxy) is 1. The zero-order valence-corrected chi connectivity index (χ0v) is 16.0. The van der Waals surface area contributed by atoms with E-state index in [1.807, 2.05) is 6.26 Å². The predicted molar refractivity (Wildman–Crippen MR) is 102 cm³/mol. The van der Waals surface area contributed by atoms with Gasteiger partial charge in [-0.25, -0.2) is 4.79 Å². The van der Waals surface area contributed by atoms with E-state index in [0.717, 1.165) is 12.1 Å². The summed E-state index contributed by atoms with van der Waals surface area (Å²) in [4.78, 5) is 24.7. The molecule has 0 heterocycles. The molecule has 0 aromatic heterocycles. The van der Waals surface area contributed by atoms with Gasteiger partial charge in [0, 0.05) is 5.56 Å². The average molecular weight is 411 g/mol. The Morgan fingerprint density at radius 3 is 2.29 bits per heavy atom. The molecule has 1 atom stereocenters. The second-order valence-corrected chi connectivity index (χ2v) is 6.96. The van der Waals surface area contributed by atoms with E-state index < -0.39 is 29.7 Å². The molecular formula is C20H20F3NO3S. The first-order valence-corrected chi connectivity index (χ1v) is 9.88. The molecule has 150 valence electrons. The molecule has 28 heavy (non-hydrogen) atoms. The largest absolute Gasteiger partial charge is 0.459 e. The maximum atomic E-state index is 12.6. The number of hydrogen-bond acceptors (Lipinski definition) is 4. The van der Waals surface area contributed by atoms with Crippen LogP contribution in [0.1, 0.15) is 27.9 Å². The van der Waals surface area contributed by atoms with Crippen LogP contribution in [0.25, 0.3) is 0 Å². The fourth-order valence-electron chi connectivity index (χ4n) is 2.36. The standard InChI is InChI=1S/C20H20F3NO3S/c1-28-12-11-17(24-18(25)15-5-3-2-4-6-15)19(26)27-13-14-7-9-16(10-8-14)20(21,22)23/h2-10,17H,11-13H2,1H3,(H,24,25)/t17-/m1/s1. The summed E-state index contributed by atoms with van der Waals surface area (Å²) in [5.41, 5.74) is 0.0853. The Hall–Kier alpha value is -2.48. The number of esters is 1. The van der Waals surface area contributed by atoms with Crippen LogP contribution < -0.4 is 5.32 Å². The third-order valence-electron chi connectivity index (χ3n) is 3.90. The predicted octanol–water partition coefficient (Wildman–Crippen LogP) is 4.30. The number of carbonyl (C=O) groups is 2. The Balaban J connectivity index is 1.97. The molecule has 0 radical (unpaired) electrons. The van der Waals surface area contributed by atoms with Crippen molar-refractivity contribution in [2.24, 2.45) is 0 Å². The Labute approximate surface area is 165 Å². The van der Waals surface area contributed by atoms with Gasteiger partial charge in [-0.1, -0.05) is 30.3 Å². The minimum atomic E-state index is -4.42. The lowest BCUT2D eigenvalue weighted by atomic mass is 10.1. The van der Waals surface area contributed by atoms with Crippen molar-refractivity contribution in [3.05, 3.63) is 71.3 Å². The van der Waals surface area contributed by atoms with Gasteiger partial charge in [-0.3, -0.25) is 4.79 Å². The van der Waals surface area contributed by atoms with Crippen LogP contribution in [-0.4, -0.2) is 29.9 Å². The van der Waals surface area contributed by atoms with Gasteiger partial charge in [0.2, 0.25) is 0 Å². The first-order chi connectivity index (χ1) is 13.3. The zero-order valence-electron chi connectivity index (χ0n) is 15.2. The van der Waals surface area contributed by atoms with Crippen molar-refractivity contribution in [2.45, 2.75) is 25.2 Å². The Kier molecular flexibility index (Phi) is 7.92. The molecule has 0 aliphatic carbocycles. The molecular weight excluding hydrogens is 391 g/mol. The van der Waals surface area contributed by atoms with Crippen molar-refractivity contribution in [3.8, 4) is 0 Å². The lowest BCUT2D eigenvalue weighted by molar-refractivity contribution is -0.147. The van der Waals surface area contributed by atoms with Gasteiger partial charge in [0.1, 0.15) is 12.6 Å². The summed E-state index contributed by atoms with van der Waals surface area (Å²) >= 11 is 1.52. The van der Waals surface area contributed by atoms with Crippen molar-refractivity contribution in [3.63, 3.8) is 0 Å². The molecule has 0 bridgehead atoms. The van der Waals surface area contributed by atoms with Crippen LogP contribution in [0.4, 0.5) is 13.2 Å². The van der Waals surface area contributed by atoms with E-state index in [4.69, 9.17) is 4.74 Å². The van der Waals surface area contributed by atoms with E-state index in [0.29, 0.717) is 23.3 Å². The normalized spacial score (nSPS) is 12.3. The number of thioether (sulfide) groups is 1. The molecule has 2 aromatic rings. The summed E-state index contributed by atoms with van der Waals surface area (Å²) in [7, 11) is 0.